The molecule has 1 aromatic rings. The SMILES string of the molecule is CNCCNCc1cnco1. The summed E-state index contributed by atoms with van der Waals surface area (Å²) in [6.07, 6.45) is 3.15. The Kier molecular flexibility index (Phi) is 3.64. The highest BCUT2D eigenvalue weighted by Crippen LogP contribution is 1.93. The number of likely N-dealkylation sites (N-methyl/N-ethyl adjacent to an activating group) is 1. The standard InChI is InChI=1S/C7H13N3O/c1-8-2-3-9-4-7-5-10-6-11-7/h5-6,8-9H,2-4H2,1H3. The molecule has 2 N–H and O–H groups in total. The van der Waals surface area contributed by atoms with Crippen LogP contribution in [-0.4, -0.2) is 25.1 Å². The van der Waals surface area contributed by atoms with Crippen molar-refractivity contribution in [3.63, 3.8) is 0 Å². The summed E-state index contributed by atoms with van der Waals surface area (Å²) in [7, 11) is 1.93. The van der Waals surface area contributed by atoms with Crippen molar-refractivity contribution in [2.45, 2.75) is 6.54 Å². The molecule has 4 nitrogen and oxygen atoms in total. The van der Waals surface area contributed by atoms with Crippen molar-refractivity contribution in [1.82, 2.24) is 15.6 Å². The van der Waals surface area contributed by atoms with Crippen molar-refractivity contribution in [3.05, 3.63) is 18.4 Å². The van der Waals surface area contributed by atoms with Crippen LogP contribution in [-0.2, 0) is 6.54 Å². The molecular formula is C7H13N3O. The summed E-state index contributed by atoms with van der Waals surface area (Å²) < 4.78 is 5.02. The van der Waals surface area contributed by atoms with E-state index in [9.17, 15) is 0 Å². The summed E-state index contributed by atoms with van der Waals surface area (Å²) in [5.74, 6) is 0.876. The third-order valence-corrected chi connectivity index (χ3v) is 1.33. The lowest BCUT2D eigenvalue weighted by Gasteiger charge is -1.99. The van der Waals surface area contributed by atoms with Gasteiger partial charge in [0.1, 0.15) is 5.76 Å². The second-order valence-corrected chi connectivity index (χ2v) is 2.25. The van der Waals surface area contributed by atoms with E-state index in [2.05, 4.69) is 15.6 Å². The molecule has 11 heavy (non-hydrogen) atoms. The van der Waals surface area contributed by atoms with E-state index in [0.29, 0.717) is 0 Å². The monoisotopic (exact) mass is 155 g/mol. The zero-order valence-corrected chi connectivity index (χ0v) is 6.63. The Morgan fingerprint density at radius 2 is 2.45 bits per heavy atom. The van der Waals surface area contributed by atoms with Crippen LogP contribution in [0.1, 0.15) is 5.76 Å². The molecule has 1 rings (SSSR count). The maximum atomic E-state index is 5.02. The van der Waals surface area contributed by atoms with Crippen LogP contribution in [0.5, 0.6) is 0 Å². The molecule has 0 aliphatic carbocycles. The average Bonchev–Trinajstić information content (AvgIpc) is 2.50. The van der Waals surface area contributed by atoms with Gasteiger partial charge in [0.2, 0.25) is 0 Å². The summed E-state index contributed by atoms with van der Waals surface area (Å²) in [4.78, 5) is 3.80. The van der Waals surface area contributed by atoms with Crippen molar-refractivity contribution >= 4 is 0 Å². The van der Waals surface area contributed by atoms with E-state index in [1.165, 1.54) is 6.39 Å². The quantitative estimate of drug-likeness (QED) is 0.587. The summed E-state index contributed by atoms with van der Waals surface area (Å²) in [5.41, 5.74) is 0. The summed E-state index contributed by atoms with van der Waals surface area (Å²) in [5, 5.41) is 6.23. The zero-order chi connectivity index (χ0) is 7.94. The van der Waals surface area contributed by atoms with E-state index in [1.807, 2.05) is 7.05 Å². The predicted molar refractivity (Wildman–Crippen MR) is 42.1 cm³/mol. The second kappa shape index (κ2) is 4.87. The molecule has 0 aromatic carbocycles. The van der Waals surface area contributed by atoms with Gasteiger partial charge in [-0.25, -0.2) is 4.98 Å². The fraction of sp³-hybridized carbons (Fsp3) is 0.571. The normalized spacial score (nSPS) is 10.3. The fourth-order valence-electron chi connectivity index (χ4n) is 0.754. The van der Waals surface area contributed by atoms with Crippen LogP contribution in [0.3, 0.4) is 0 Å². The first-order valence-corrected chi connectivity index (χ1v) is 3.66. The van der Waals surface area contributed by atoms with Crippen LogP contribution in [0.15, 0.2) is 17.0 Å². The van der Waals surface area contributed by atoms with Crippen LogP contribution in [0.2, 0.25) is 0 Å². The van der Waals surface area contributed by atoms with Gasteiger partial charge in [-0.05, 0) is 7.05 Å². The molecule has 1 aromatic heterocycles. The Labute approximate surface area is 66.0 Å². The summed E-state index contributed by atoms with van der Waals surface area (Å²) >= 11 is 0. The Balaban J connectivity index is 2.04. The number of aromatic nitrogens is 1. The van der Waals surface area contributed by atoms with Gasteiger partial charge in [-0.1, -0.05) is 0 Å². The van der Waals surface area contributed by atoms with Crippen molar-refractivity contribution in [2.24, 2.45) is 0 Å². The first-order chi connectivity index (χ1) is 5.43. The maximum absolute atomic E-state index is 5.02. The number of hydrogen-bond acceptors (Lipinski definition) is 4. The summed E-state index contributed by atoms with van der Waals surface area (Å²) in [6, 6.07) is 0. The maximum Gasteiger partial charge on any atom is 0.180 e. The minimum Gasteiger partial charge on any atom is -0.447 e. The molecule has 0 amide bonds. The summed E-state index contributed by atoms with van der Waals surface area (Å²) in [6.45, 7) is 2.66. The second-order valence-electron chi connectivity index (χ2n) is 2.25. The van der Waals surface area contributed by atoms with Gasteiger partial charge in [0.15, 0.2) is 6.39 Å². The number of oxazole rings is 1. The Morgan fingerprint density at radius 3 is 3.09 bits per heavy atom. The molecule has 1 heterocycles. The third kappa shape index (κ3) is 3.15. The molecule has 0 aliphatic rings. The van der Waals surface area contributed by atoms with Crippen molar-refractivity contribution < 1.29 is 4.42 Å². The Hall–Kier alpha value is -0.870. The lowest BCUT2D eigenvalue weighted by molar-refractivity contribution is 0.478. The van der Waals surface area contributed by atoms with Gasteiger partial charge in [-0.2, -0.15) is 0 Å². The van der Waals surface area contributed by atoms with Crippen molar-refractivity contribution in [2.75, 3.05) is 20.1 Å². The number of nitrogens with zero attached hydrogens (tertiary/aromatic N) is 1. The van der Waals surface area contributed by atoms with E-state index in [0.717, 1.165) is 25.4 Å². The fourth-order valence-corrected chi connectivity index (χ4v) is 0.754. The molecule has 4 heteroatoms. The first-order valence-electron chi connectivity index (χ1n) is 3.66. The smallest absolute Gasteiger partial charge is 0.180 e. The molecule has 0 bridgehead atoms. The van der Waals surface area contributed by atoms with Gasteiger partial charge in [0.25, 0.3) is 0 Å². The largest absolute Gasteiger partial charge is 0.447 e. The minimum absolute atomic E-state index is 0.752. The molecular weight excluding hydrogens is 142 g/mol. The predicted octanol–water partition coefficient (Wildman–Crippen LogP) is -0.0164. The Bertz CT molecular complexity index is 174. The molecule has 0 fully saturated rings. The lowest BCUT2D eigenvalue weighted by Crippen LogP contribution is -2.24. The van der Waals surface area contributed by atoms with Crippen LogP contribution >= 0.6 is 0 Å². The topological polar surface area (TPSA) is 50.1 Å². The Morgan fingerprint density at radius 1 is 1.55 bits per heavy atom. The van der Waals surface area contributed by atoms with Gasteiger partial charge in [0, 0.05) is 13.1 Å². The van der Waals surface area contributed by atoms with E-state index in [1.54, 1.807) is 6.20 Å². The van der Waals surface area contributed by atoms with Gasteiger partial charge in [-0.3, -0.25) is 0 Å². The van der Waals surface area contributed by atoms with Crippen LogP contribution in [0.25, 0.3) is 0 Å². The van der Waals surface area contributed by atoms with Gasteiger partial charge < -0.3 is 15.1 Å². The first kappa shape index (κ1) is 8.23. The number of rotatable bonds is 5. The minimum atomic E-state index is 0.752. The average molecular weight is 155 g/mol. The van der Waals surface area contributed by atoms with E-state index < -0.39 is 0 Å². The molecule has 0 radical (unpaired) electrons. The van der Waals surface area contributed by atoms with Crippen LogP contribution < -0.4 is 10.6 Å². The third-order valence-electron chi connectivity index (χ3n) is 1.33. The van der Waals surface area contributed by atoms with E-state index >= 15 is 0 Å². The van der Waals surface area contributed by atoms with Crippen molar-refractivity contribution in [3.8, 4) is 0 Å². The highest BCUT2D eigenvalue weighted by Gasteiger charge is 1.93. The zero-order valence-electron chi connectivity index (χ0n) is 6.63. The highest BCUT2D eigenvalue weighted by atomic mass is 16.3. The molecule has 0 spiro atoms. The molecule has 0 atom stereocenters. The lowest BCUT2D eigenvalue weighted by atomic mass is 10.5. The van der Waals surface area contributed by atoms with E-state index in [-0.39, 0.29) is 0 Å². The molecule has 62 valence electrons. The highest BCUT2D eigenvalue weighted by molar-refractivity contribution is 4.86. The van der Waals surface area contributed by atoms with Gasteiger partial charge in [-0.15, -0.1) is 0 Å². The molecule has 0 saturated heterocycles. The number of hydrogen-bond donors (Lipinski definition) is 2. The van der Waals surface area contributed by atoms with Crippen LogP contribution in [0.4, 0.5) is 0 Å². The van der Waals surface area contributed by atoms with Gasteiger partial charge in [0.05, 0.1) is 12.7 Å². The van der Waals surface area contributed by atoms with Crippen molar-refractivity contribution in [1.29, 1.82) is 0 Å². The van der Waals surface area contributed by atoms with Gasteiger partial charge >= 0.3 is 0 Å². The van der Waals surface area contributed by atoms with E-state index in [4.69, 9.17) is 4.42 Å². The molecule has 0 saturated carbocycles. The number of nitrogens with one attached hydrogen (secondary N) is 2. The molecule has 0 aliphatic heterocycles. The molecule has 0 unspecified atom stereocenters. The van der Waals surface area contributed by atoms with Crippen LogP contribution in [0, 0.1) is 0 Å².